The summed E-state index contributed by atoms with van der Waals surface area (Å²) in [7, 11) is 0. The predicted octanol–water partition coefficient (Wildman–Crippen LogP) is 4.24. The van der Waals surface area contributed by atoms with E-state index < -0.39 is 0 Å². The van der Waals surface area contributed by atoms with E-state index in [1.54, 1.807) is 18.2 Å². The molecule has 24 heavy (non-hydrogen) atoms. The lowest BCUT2D eigenvalue weighted by molar-refractivity contribution is 0.286. The number of phenolic OH excluding ortho intramolecular Hbond substituents is 1. The van der Waals surface area contributed by atoms with Crippen molar-refractivity contribution in [2.24, 2.45) is 0 Å². The van der Waals surface area contributed by atoms with Crippen LogP contribution in [-0.4, -0.2) is 11.2 Å². The number of aromatic hydroxyl groups is 1. The van der Waals surface area contributed by atoms with Crippen LogP contribution in [0.3, 0.4) is 0 Å². The van der Waals surface area contributed by atoms with Gasteiger partial charge in [-0.25, -0.2) is 4.39 Å². The number of nitrogens with one attached hydrogen (secondary N) is 1. The zero-order chi connectivity index (χ0) is 16.5. The first-order chi connectivity index (χ1) is 11.7. The first kappa shape index (κ1) is 15.5. The van der Waals surface area contributed by atoms with Crippen molar-refractivity contribution in [3.8, 4) is 11.5 Å². The molecule has 0 radical (unpaired) electrons. The quantitative estimate of drug-likeness (QED) is 0.863. The Morgan fingerprint density at radius 1 is 1.12 bits per heavy atom. The van der Waals surface area contributed by atoms with Gasteiger partial charge in [0.15, 0.2) is 11.6 Å². The van der Waals surface area contributed by atoms with Crippen LogP contribution in [0, 0.1) is 5.82 Å². The second-order valence-corrected chi connectivity index (χ2v) is 6.72. The highest BCUT2D eigenvalue weighted by Crippen LogP contribution is 2.35. The average Bonchev–Trinajstić information content (AvgIpc) is 3.40. The molecule has 0 heterocycles. The van der Waals surface area contributed by atoms with Crippen LogP contribution in [0.2, 0.25) is 0 Å². The molecule has 1 fully saturated rings. The summed E-state index contributed by atoms with van der Waals surface area (Å²) >= 11 is 0. The predicted molar refractivity (Wildman–Crippen MR) is 90.7 cm³/mol. The molecule has 0 saturated heterocycles. The minimum atomic E-state index is -0.260. The molecule has 0 amide bonds. The molecule has 2 aromatic carbocycles. The van der Waals surface area contributed by atoms with Gasteiger partial charge in [-0.1, -0.05) is 24.3 Å². The van der Waals surface area contributed by atoms with Gasteiger partial charge >= 0.3 is 0 Å². The highest BCUT2D eigenvalue weighted by molar-refractivity contribution is 5.42. The maximum Gasteiger partial charge on any atom is 0.169 e. The van der Waals surface area contributed by atoms with Crippen LogP contribution < -0.4 is 10.1 Å². The standard InChI is InChI=1S/C20H22FNO2/c21-20-13(4-1-9-19(20)24-14-10-11-14)12-22-17-7-2-6-16-15(17)5-3-8-18(16)23/h1,3-5,8-9,14,17,22-23H,2,6-7,10-12H2. The fraction of sp³-hybridized carbons (Fsp3) is 0.400. The maximum atomic E-state index is 14.6. The SMILES string of the molecule is Oc1cccc2c1CCCC2NCc1cccc(OC2CC2)c1F. The van der Waals surface area contributed by atoms with E-state index in [4.69, 9.17) is 4.74 Å². The minimum Gasteiger partial charge on any atom is -0.508 e. The monoisotopic (exact) mass is 327 g/mol. The molecule has 1 saturated carbocycles. The second-order valence-electron chi connectivity index (χ2n) is 6.72. The number of phenols is 1. The normalized spacial score (nSPS) is 19.8. The summed E-state index contributed by atoms with van der Waals surface area (Å²) in [6.07, 6.45) is 5.15. The maximum absolute atomic E-state index is 14.6. The minimum absolute atomic E-state index is 0.147. The Morgan fingerprint density at radius 3 is 2.79 bits per heavy atom. The van der Waals surface area contributed by atoms with Crippen LogP contribution in [0.4, 0.5) is 4.39 Å². The van der Waals surface area contributed by atoms with E-state index in [1.165, 1.54) is 0 Å². The van der Waals surface area contributed by atoms with Gasteiger partial charge in [-0.05, 0) is 55.4 Å². The molecule has 0 bridgehead atoms. The molecule has 126 valence electrons. The third-order valence-corrected chi connectivity index (χ3v) is 4.88. The summed E-state index contributed by atoms with van der Waals surface area (Å²) in [4.78, 5) is 0. The molecular weight excluding hydrogens is 305 g/mol. The van der Waals surface area contributed by atoms with Crippen molar-refractivity contribution in [2.75, 3.05) is 0 Å². The van der Waals surface area contributed by atoms with Crippen molar-refractivity contribution in [1.29, 1.82) is 0 Å². The lowest BCUT2D eigenvalue weighted by Gasteiger charge is -2.27. The van der Waals surface area contributed by atoms with Crippen LogP contribution in [-0.2, 0) is 13.0 Å². The Morgan fingerprint density at radius 2 is 1.96 bits per heavy atom. The number of halogens is 1. The Kier molecular flexibility index (Phi) is 4.15. The summed E-state index contributed by atoms with van der Waals surface area (Å²) in [6.45, 7) is 0.452. The first-order valence-electron chi connectivity index (χ1n) is 8.70. The van der Waals surface area contributed by atoms with E-state index in [0.717, 1.165) is 43.2 Å². The lowest BCUT2D eigenvalue weighted by atomic mass is 9.87. The van der Waals surface area contributed by atoms with Crippen molar-refractivity contribution in [1.82, 2.24) is 5.32 Å². The number of fused-ring (bicyclic) bond motifs is 1. The molecule has 2 aliphatic rings. The van der Waals surface area contributed by atoms with Crippen LogP contribution >= 0.6 is 0 Å². The van der Waals surface area contributed by atoms with E-state index in [9.17, 15) is 9.50 Å². The van der Waals surface area contributed by atoms with Crippen LogP contribution in [0.5, 0.6) is 11.5 Å². The molecule has 1 unspecified atom stereocenters. The zero-order valence-corrected chi connectivity index (χ0v) is 13.6. The molecule has 4 rings (SSSR count). The van der Waals surface area contributed by atoms with E-state index in [1.807, 2.05) is 12.1 Å². The second kappa shape index (κ2) is 6.44. The number of hydrogen-bond acceptors (Lipinski definition) is 3. The van der Waals surface area contributed by atoms with E-state index in [0.29, 0.717) is 23.6 Å². The summed E-state index contributed by atoms with van der Waals surface area (Å²) < 4.78 is 20.2. The smallest absolute Gasteiger partial charge is 0.169 e. The Balaban J connectivity index is 1.49. The molecular formula is C20H22FNO2. The molecule has 0 aromatic heterocycles. The highest BCUT2D eigenvalue weighted by Gasteiger charge is 2.26. The zero-order valence-electron chi connectivity index (χ0n) is 13.6. The number of hydrogen-bond donors (Lipinski definition) is 2. The molecule has 3 nitrogen and oxygen atoms in total. The Hall–Kier alpha value is -2.07. The van der Waals surface area contributed by atoms with E-state index >= 15 is 0 Å². The third kappa shape index (κ3) is 3.11. The van der Waals surface area contributed by atoms with E-state index in [-0.39, 0.29) is 18.0 Å². The molecule has 2 aliphatic carbocycles. The van der Waals surface area contributed by atoms with E-state index in [2.05, 4.69) is 11.4 Å². The molecule has 0 spiro atoms. The van der Waals surface area contributed by atoms with Gasteiger partial charge < -0.3 is 15.2 Å². The number of benzene rings is 2. The van der Waals surface area contributed by atoms with Gasteiger partial charge in [0.2, 0.25) is 0 Å². The van der Waals surface area contributed by atoms with Gasteiger partial charge in [0.05, 0.1) is 6.10 Å². The van der Waals surface area contributed by atoms with Crippen LogP contribution in [0.25, 0.3) is 0 Å². The summed E-state index contributed by atoms with van der Waals surface area (Å²) in [5.74, 6) is 0.465. The van der Waals surface area contributed by atoms with Gasteiger partial charge in [0, 0.05) is 18.2 Å². The summed E-state index contributed by atoms with van der Waals surface area (Å²) in [6, 6.07) is 11.2. The Labute approximate surface area is 141 Å². The first-order valence-corrected chi connectivity index (χ1v) is 8.70. The van der Waals surface area contributed by atoms with Crippen molar-refractivity contribution in [2.45, 2.75) is 50.8 Å². The molecule has 1 atom stereocenters. The van der Waals surface area contributed by atoms with Crippen molar-refractivity contribution in [3.05, 3.63) is 58.9 Å². The van der Waals surface area contributed by atoms with Gasteiger partial charge in [-0.2, -0.15) is 0 Å². The highest BCUT2D eigenvalue weighted by atomic mass is 19.1. The number of ether oxygens (including phenoxy) is 1. The van der Waals surface area contributed by atoms with Gasteiger partial charge in [-0.3, -0.25) is 0 Å². The largest absolute Gasteiger partial charge is 0.508 e. The molecule has 4 heteroatoms. The Bertz CT molecular complexity index is 742. The summed E-state index contributed by atoms with van der Waals surface area (Å²) in [5.41, 5.74) is 2.78. The average molecular weight is 327 g/mol. The topological polar surface area (TPSA) is 41.5 Å². The fourth-order valence-electron chi connectivity index (χ4n) is 3.42. The van der Waals surface area contributed by atoms with Crippen molar-refractivity contribution >= 4 is 0 Å². The van der Waals surface area contributed by atoms with Crippen molar-refractivity contribution in [3.63, 3.8) is 0 Å². The fourth-order valence-corrected chi connectivity index (χ4v) is 3.42. The van der Waals surface area contributed by atoms with Gasteiger partial charge in [0.1, 0.15) is 5.75 Å². The number of rotatable bonds is 5. The summed E-state index contributed by atoms with van der Waals surface area (Å²) in [5, 5.41) is 13.5. The van der Waals surface area contributed by atoms with Crippen molar-refractivity contribution < 1.29 is 14.2 Å². The molecule has 2 N–H and O–H groups in total. The third-order valence-electron chi connectivity index (χ3n) is 4.88. The van der Waals surface area contributed by atoms with Crippen LogP contribution in [0.1, 0.15) is 48.4 Å². The van der Waals surface area contributed by atoms with Crippen LogP contribution in [0.15, 0.2) is 36.4 Å². The lowest BCUT2D eigenvalue weighted by Crippen LogP contribution is -2.25. The molecule has 0 aliphatic heterocycles. The van der Waals surface area contributed by atoms with Gasteiger partial charge in [0.25, 0.3) is 0 Å². The molecule has 2 aromatic rings. The van der Waals surface area contributed by atoms with Gasteiger partial charge in [-0.15, -0.1) is 0 Å².